The first-order valence-corrected chi connectivity index (χ1v) is 4.07. The Balaban J connectivity index is 2.48. The average molecular weight is 171 g/mol. The van der Waals surface area contributed by atoms with Crippen molar-refractivity contribution < 1.29 is 0 Å². The highest BCUT2D eigenvalue weighted by atomic mass is 14.9. The van der Waals surface area contributed by atoms with Gasteiger partial charge in [-0.05, 0) is 25.1 Å². The molecule has 2 aromatic heterocycles. The molecule has 0 unspecified atom stereocenters. The van der Waals surface area contributed by atoms with Gasteiger partial charge in [0.05, 0.1) is 0 Å². The lowest BCUT2D eigenvalue weighted by atomic mass is 10.3. The van der Waals surface area contributed by atoms with Gasteiger partial charge < -0.3 is 0 Å². The van der Waals surface area contributed by atoms with E-state index in [0.29, 0.717) is 5.82 Å². The third-order valence-electron chi connectivity index (χ3n) is 1.68. The monoisotopic (exact) mass is 171 g/mol. The fourth-order valence-electron chi connectivity index (χ4n) is 1.10. The molecule has 0 aliphatic rings. The maximum atomic E-state index is 4.32. The molecule has 3 heteroatoms. The zero-order valence-corrected chi connectivity index (χ0v) is 7.31. The van der Waals surface area contributed by atoms with Crippen LogP contribution < -0.4 is 0 Å². The van der Waals surface area contributed by atoms with Crippen molar-refractivity contribution in [3.05, 3.63) is 42.4 Å². The summed E-state index contributed by atoms with van der Waals surface area (Å²) in [5, 5.41) is 0. The van der Waals surface area contributed by atoms with Gasteiger partial charge in [-0.15, -0.1) is 0 Å². The Bertz CT molecular complexity index is 398. The lowest BCUT2D eigenvalue weighted by Crippen LogP contribution is -1.91. The number of pyridine rings is 1. The van der Waals surface area contributed by atoms with Crippen molar-refractivity contribution in [3.8, 4) is 11.5 Å². The summed E-state index contributed by atoms with van der Waals surface area (Å²) in [6, 6.07) is 7.60. The maximum Gasteiger partial charge on any atom is 0.178 e. The molecular formula is C10H9N3. The molecule has 0 saturated heterocycles. The van der Waals surface area contributed by atoms with E-state index >= 15 is 0 Å². The Morgan fingerprint density at radius 3 is 2.46 bits per heavy atom. The highest BCUT2D eigenvalue weighted by molar-refractivity contribution is 5.48. The first kappa shape index (κ1) is 7.86. The molecule has 13 heavy (non-hydrogen) atoms. The minimum absolute atomic E-state index is 0.672. The van der Waals surface area contributed by atoms with Crippen LogP contribution >= 0.6 is 0 Å². The summed E-state index contributed by atoms with van der Waals surface area (Å²) < 4.78 is 0. The molecule has 0 aliphatic carbocycles. The number of aryl methyl sites for hydroxylation is 1. The number of aromatic nitrogens is 3. The van der Waals surface area contributed by atoms with E-state index in [1.165, 1.54) is 0 Å². The molecule has 0 radical (unpaired) electrons. The van der Waals surface area contributed by atoms with Crippen LogP contribution in [0.15, 0.2) is 36.7 Å². The second-order valence-corrected chi connectivity index (χ2v) is 2.74. The third-order valence-corrected chi connectivity index (χ3v) is 1.68. The molecule has 2 aromatic rings. The number of nitrogens with zero attached hydrogens (tertiary/aromatic N) is 3. The van der Waals surface area contributed by atoms with Crippen molar-refractivity contribution >= 4 is 0 Å². The second kappa shape index (κ2) is 3.31. The lowest BCUT2D eigenvalue weighted by molar-refractivity contribution is 1.11. The molecule has 0 fully saturated rings. The summed E-state index contributed by atoms with van der Waals surface area (Å²) in [6.45, 7) is 1.95. The van der Waals surface area contributed by atoms with E-state index in [9.17, 15) is 0 Å². The molecule has 64 valence electrons. The highest BCUT2D eigenvalue weighted by Gasteiger charge is 1.99. The van der Waals surface area contributed by atoms with E-state index in [1.807, 2.05) is 25.1 Å². The van der Waals surface area contributed by atoms with Gasteiger partial charge in [0.15, 0.2) is 5.82 Å². The van der Waals surface area contributed by atoms with Crippen molar-refractivity contribution in [1.82, 2.24) is 15.0 Å². The van der Waals surface area contributed by atoms with E-state index in [2.05, 4.69) is 15.0 Å². The molecule has 0 spiro atoms. The van der Waals surface area contributed by atoms with Gasteiger partial charge in [-0.3, -0.25) is 0 Å². The van der Waals surface area contributed by atoms with Crippen LogP contribution in [0.4, 0.5) is 0 Å². The van der Waals surface area contributed by atoms with E-state index < -0.39 is 0 Å². The average Bonchev–Trinajstić information content (AvgIpc) is 2.19. The van der Waals surface area contributed by atoms with E-state index in [4.69, 9.17) is 0 Å². The molecule has 0 aliphatic heterocycles. The minimum atomic E-state index is 0.672. The number of hydrogen-bond acceptors (Lipinski definition) is 3. The summed E-state index contributed by atoms with van der Waals surface area (Å²) in [7, 11) is 0. The second-order valence-electron chi connectivity index (χ2n) is 2.74. The Morgan fingerprint density at radius 1 is 1.00 bits per heavy atom. The zero-order chi connectivity index (χ0) is 9.10. The van der Waals surface area contributed by atoms with Gasteiger partial charge in [-0.25, -0.2) is 15.0 Å². The van der Waals surface area contributed by atoms with Crippen LogP contribution in [0.3, 0.4) is 0 Å². The van der Waals surface area contributed by atoms with Crippen LogP contribution in [-0.4, -0.2) is 15.0 Å². The van der Waals surface area contributed by atoms with Crippen molar-refractivity contribution in [1.29, 1.82) is 0 Å². The van der Waals surface area contributed by atoms with Gasteiger partial charge in [0.1, 0.15) is 5.69 Å². The standard InChI is InChI=1S/C10H9N3/c1-8-4-2-5-9(13-8)10-11-6-3-7-12-10/h2-7H,1H3. The Morgan fingerprint density at radius 2 is 1.77 bits per heavy atom. The van der Waals surface area contributed by atoms with Crippen LogP contribution in [0, 0.1) is 6.92 Å². The SMILES string of the molecule is Cc1cccc(-c2ncccn2)n1. The molecule has 0 aromatic carbocycles. The van der Waals surface area contributed by atoms with Crippen molar-refractivity contribution in [2.75, 3.05) is 0 Å². The Kier molecular flexibility index (Phi) is 2.00. The first-order chi connectivity index (χ1) is 6.36. The Hall–Kier alpha value is -1.77. The fourth-order valence-corrected chi connectivity index (χ4v) is 1.10. The van der Waals surface area contributed by atoms with Crippen molar-refractivity contribution in [2.45, 2.75) is 6.92 Å². The van der Waals surface area contributed by atoms with Crippen molar-refractivity contribution in [3.63, 3.8) is 0 Å². The first-order valence-electron chi connectivity index (χ1n) is 4.07. The van der Waals surface area contributed by atoms with Gasteiger partial charge in [-0.2, -0.15) is 0 Å². The Labute approximate surface area is 76.5 Å². The third kappa shape index (κ3) is 1.69. The van der Waals surface area contributed by atoms with Crippen molar-refractivity contribution in [2.24, 2.45) is 0 Å². The zero-order valence-electron chi connectivity index (χ0n) is 7.31. The minimum Gasteiger partial charge on any atom is -0.250 e. The van der Waals surface area contributed by atoms with Gasteiger partial charge in [0.25, 0.3) is 0 Å². The van der Waals surface area contributed by atoms with Crippen LogP contribution in [0.2, 0.25) is 0 Å². The van der Waals surface area contributed by atoms with Gasteiger partial charge in [0.2, 0.25) is 0 Å². The number of hydrogen-bond donors (Lipinski definition) is 0. The summed E-state index contributed by atoms with van der Waals surface area (Å²) in [6.07, 6.45) is 3.43. The summed E-state index contributed by atoms with van der Waals surface area (Å²) >= 11 is 0. The predicted molar refractivity (Wildman–Crippen MR) is 50.0 cm³/mol. The van der Waals surface area contributed by atoms with Crippen LogP contribution in [0.1, 0.15) is 5.69 Å². The molecule has 0 N–H and O–H groups in total. The lowest BCUT2D eigenvalue weighted by Gasteiger charge is -1.98. The van der Waals surface area contributed by atoms with Gasteiger partial charge >= 0.3 is 0 Å². The topological polar surface area (TPSA) is 38.7 Å². The molecule has 0 amide bonds. The quantitative estimate of drug-likeness (QED) is 0.657. The molecule has 0 saturated carbocycles. The highest BCUT2D eigenvalue weighted by Crippen LogP contribution is 2.09. The molecular weight excluding hydrogens is 162 g/mol. The largest absolute Gasteiger partial charge is 0.250 e. The summed E-state index contributed by atoms with van der Waals surface area (Å²) in [4.78, 5) is 12.6. The van der Waals surface area contributed by atoms with Gasteiger partial charge in [-0.1, -0.05) is 6.07 Å². The molecule has 0 bridgehead atoms. The molecule has 0 atom stereocenters. The van der Waals surface area contributed by atoms with E-state index in [0.717, 1.165) is 11.4 Å². The normalized spacial score (nSPS) is 9.92. The van der Waals surface area contributed by atoms with Gasteiger partial charge in [0, 0.05) is 18.1 Å². The predicted octanol–water partition coefficient (Wildman–Crippen LogP) is 1.85. The van der Waals surface area contributed by atoms with E-state index in [1.54, 1.807) is 18.5 Å². The number of rotatable bonds is 1. The van der Waals surface area contributed by atoms with Crippen LogP contribution in [0.5, 0.6) is 0 Å². The van der Waals surface area contributed by atoms with E-state index in [-0.39, 0.29) is 0 Å². The summed E-state index contributed by atoms with van der Waals surface area (Å²) in [5.41, 5.74) is 1.80. The molecule has 2 rings (SSSR count). The summed E-state index contributed by atoms with van der Waals surface area (Å²) in [5.74, 6) is 0.672. The maximum absolute atomic E-state index is 4.32. The molecule has 3 nitrogen and oxygen atoms in total. The fraction of sp³-hybridized carbons (Fsp3) is 0.100. The van der Waals surface area contributed by atoms with Crippen LogP contribution in [0.25, 0.3) is 11.5 Å². The van der Waals surface area contributed by atoms with Crippen LogP contribution in [-0.2, 0) is 0 Å². The smallest absolute Gasteiger partial charge is 0.178 e. The molecule has 2 heterocycles.